The van der Waals surface area contributed by atoms with Crippen molar-refractivity contribution >= 4 is 15.9 Å². The van der Waals surface area contributed by atoms with E-state index < -0.39 is 0 Å². The molecule has 4 nitrogen and oxygen atoms in total. The molecule has 0 saturated carbocycles. The molecule has 1 aromatic heterocycles. The van der Waals surface area contributed by atoms with Crippen molar-refractivity contribution in [3.8, 4) is 11.3 Å². The summed E-state index contributed by atoms with van der Waals surface area (Å²) in [6.07, 6.45) is 1.70. The Bertz CT molecular complexity index is 544. The monoisotopic (exact) mass is 327 g/mol. The van der Waals surface area contributed by atoms with Gasteiger partial charge in [-0.1, -0.05) is 15.9 Å². The number of nitrogens with zero attached hydrogens (tertiary/aromatic N) is 1. The van der Waals surface area contributed by atoms with Crippen LogP contribution in [-0.2, 0) is 11.3 Å². The molecular weight excluding hydrogens is 313 g/mol. The Kier molecular flexibility index (Phi) is 5.07. The van der Waals surface area contributed by atoms with Crippen LogP contribution >= 0.6 is 15.9 Å². The molecule has 0 bridgehead atoms. The molecule has 0 aliphatic carbocycles. The molecule has 2 N–H and O–H groups in total. The summed E-state index contributed by atoms with van der Waals surface area (Å²) in [4.78, 5) is 0. The number of hydrogen-bond acceptors (Lipinski definition) is 3. The fraction of sp³-hybridized carbons (Fsp3) is 0.308. The molecule has 0 saturated heterocycles. The van der Waals surface area contributed by atoms with Crippen molar-refractivity contribution < 1.29 is 9.13 Å². The summed E-state index contributed by atoms with van der Waals surface area (Å²) >= 11 is 3.35. The lowest BCUT2D eigenvalue weighted by Gasteiger charge is -2.06. The highest BCUT2D eigenvalue weighted by atomic mass is 79.9. The van der Waals surface area contributed by atoms with Gasteiger partial charge in [-0.2, -0.15) is 5.10 Å². The number of rotatable bonds is 6. The van der Waals surface area contributed by atoms with E-state index in [1.165, 1.54) is 6.07 Å². The summed E-state index contributed by atoms with van der Waals surface area (Å²) in [7, 11) is 1.65. The minimum atomic E-state index is -0.273. The van der Waals surface area contributed by atoms with Crippen LogP contribution in [0.5, 0.6) is 0 Å². The van der Waals surface area contributed by atoms with Crippen LogP contribution in [0.2, 0.25) is 0 Å². The molecule has 0 unspecified atom stereocenters. The largest absolute Gasteiger partial charge is 0.383 e. The second-order valence-electron chi connectivity index (χ2n) is 4.06. The summed E-state index contributed by atoms with van der Waals surface area (Å²) in [6.45, 7) is 1.99. The molecule has 0 atom stereocenters. The molecule has 0 spiro atoms. The van der Waals surface area contributed by atoms with Crippen LogP contribution in [0.3, 0.4) is 0 Å². The molecule has 0 amide bonds. The van der Waals surface area contributed by atoms with E-state index in [2.05, 4.69) is 31.4 Å². The molecule has 2 rings (SSSR count). The van der Waals surface area contributed by atoms with Crippen molar-refractivity contribution in [3.05, 3.63) is 40.2 Å². The summed E-state index contributed by atoms with van der Waals surface area (Å²) in [5, 5.41) is 10.1. The lowest BCUT2D eigenvalue weighted by Crippen LogP contribution is -2.18. The number of aromatic nitrogens is 2. The van der Waals surface area contributed by atoms with E-state index in [1.54, 1.807) is 25.4 Å². The fourth-order valence-corrected chi connectivity index (χ4v) is 2.13. The molecule has 19 heavy (non-hydrogen) atoms. The predicted octanol–water partition coefficient (Wildman–Crippen LogP) is 2.71. The van der Waals surface area contributed by atoms with Crippen LogP contribution in [0.25, 0.3) is 11.3 Å². The van der Waals surface area contributed by atoms with Crippen molar-refractivity contribution in [1.29, 1.82) is 0 Å². The Morgan fingerprint density at radius 3 is 3.11 bits per heavy atom. The normalized spacial score (nSPS) is 10.9. The first-order valence-corrected chi connectivity index (χ1v) is 6.69. The number of benzene rings is 1. The van der Waals surface area contributed by atoms with Gasteiger partial charge < -0.3 is 10.1 Å². The maximum absolute atomic E-state index is 13.8. The average Bonchev–Trinajstić information content (AvgIpc) is 2.86. The van der Waals surface area contributed by atoms with Gasteiger partial charge in [-0.05, 0) is 18.2 Å². The lowest BCUT2D eigenvalue weighted by atomic mass is 10.1. The van der Waals surface area contributed by atoms with Gasteiger partial charge in [0.2, 0.25) is 0 Å². The van der Waals surface area contributed by atoms with E-state index in [0.29, 0.717) is 24.4 Å². The van der Waals surface area contributed by atoms with E-state index >= 15 is 0 Å². The third-order valence-electron chi connectivity index (χ3n) is 2.71. The van der Waals surface area contributed by atoms with Crippen LogP contribution in [0.1, 0.15) is 5.56 Å². The smallest absolute Gasteiger partial charge is 0.132 e. The van der Waals surface area contributed by atoms with E-state index in [4.69, 9.17) is 4.74 Å². The lowest BCUT2D eigenvalue weighted by molar-refractivity contribution is 0.199. The highest BCUT2D eigenvalue weighted by Crippen LogP contribution is 2.27. The zero-order valence-electron chi connectivity index (χ0n) is 10.5. The molecule has 0 radical (unpaired) electrons. The van der Waals surface area contributed by atoms with Crippen LogP contribution in [0.4, 0.5) is 4.39 Å². The van der Waals surface area contributed by atoms with Gasteiger partial charge in [-0.15, -0.1) is 0 Å². The standard InChI is InChI=1S/C13H15BrFN3O/c1-19-5-4-16-7-9-8-17-18-13(9)11-6-10(14)2-3-12(11)15/h2-3,6,8,16H,4-5,7H2,1H3,(H,17,18). The molecule has 102 valence electrons. The Hall–Kier alpha value is -1.24. The zero-order valence-corrected chi connectivity index (χ0v) is 12.1. The predicted molar refractivity (Wildman–Crippen MR) is 75.3 cm³/mol. The first kappa shape index (κ1) is 14.2. The van der Waals surface area contributed by atoms with Crippen LogP contribution < -0.4 is 5.32 Å². The number of hydrogen-bond donors (Lipinski definition) is 2. The fourth-order valence-electron chi connectivity index (χ4n) is 1.76. The molecule has 0 aliphatic rings. The van der Waals surface area contributed by atoms with Gasteiger partial charge in [0.25, 0.3) is 0 Å². The van der Waals surface area contributed by atoms with E-state index in [0.717, 1.165) is 16.6 Å². The van der Waals surface area contributed by atoms with Gasteiger partial charge in [0, 0.05) is 35.8 Å². The van der Waals surface area contributed by atoms with Gasteiger partial charge >= 0.3 is 0 Å². The van der Waals surface area contributed by atoms with Gasteiger partial charge in [-0.3, -0.25) is 5.10 Å². The third kappa shape index (κ3) is 3.62. The van der Waals surface area contributed by atoms with Gasteiger partial charge in [-0.25, -0.2) is 4.39 Å². The van der Waals surface area contributed by atoms with Crippen molar-refractivity contribution in [2.45, 2.75) is 6.54 Å². The average molecular weight is 328 g/mol. The molecule has 1 heterocycles. The van der Waals surface area contributed by atoms with E-state index in [9.17, 15) is 4.39 Å². The number of methoxy groups -OCH3 is 1. The van der Waals surface area contributed by atoms with Crippen molar-refractivity contribution in [2.24, 2.45) is 0 Å². The van der Waals surface area contributed by atoms with E-state index in [1.807, 2.05) is 0 Å². The van der Waals surface area contributed by atoms with Crippen molar-refractivity contribution in [3.63, 3.8) is 0 Å². The highest BCUT2D eigenvalue weighted by molar-refractivity contribution is 9.10. The van der Waals surface area contributed by atoms with E-state index in [-0.39, 0.29) is 5.82 Å². The Labute approximate surface area is 119 Å². The molecule has 1 aromatic carbocycles. The number of aromatic amines is 1. The quantitative estimate of drug-likeness (QED) is 0.802. The Balaban J connectivity index is 2.16. The number of H-pyrrole nitrogens is 1. The molecule has 2 aromatic rings. The number of ether oxygens (including phenoxy) is 1. The zero-order chi connectivity index (χ0) is 13.7. The molecular formula is C13H15BrFN3O. The Morgan fingerprint density at radius 1 is 1.47 bits per heavy atom. The minimum absolute atomic E-state index is 0.273. The summed E-state index contributed by atoms with van der Waals surface area (Å²) in [6, 6.07) is 4.84. The van der Waals surface area contributed by atoms with Crippen molar-refractivity contribution in [2.75, 3.05) is 20.3 Å². The summed E-state index contributed by atoms with van der Waals surface area (Å²) in [5.41, 5.74) is 2.13. The highest BCUT2D eigenvalue weighted by Gasteiger charge is 2.12. The Morgan fingerprint density at radius 2 is 2.32 bits per heavy atom. The topological polar surface area (TPSA) is 49.9 Å². The second kappa shape index (κ2) is 6.79. The molecule has 0 aliphatic heterocycles. The van der Waals surface area contributed by atoms with Crippen LogP contribution in [0, 0.1) is 5.82 Å². The van der Waals surface area contributed by atoms with Gasteiger partial charge in [0.1, 0.15) is 5.82 Å². The molecule has 6 heteroatoms. The van der Waals surface area contributed by atoms with Crippen LogP contribution in [-0.4, -0.2) is 30.5 Å². The second-order valence-corrected chi connectivity index (χ2v) is 4.98. The van der Waals surface area contributed by atoms with Crippen molar-refractivity contribution in [1.82, 2.24) is 15.5 Å². The third-order valence-corrected chi connectivity index (χ3v) is 3.21. The SMILES string of the molecule is COCCNCc1cn[nH]c1-c1cc(Br)ccc1F. The molecule has 0 fully saturated rings. The van der Waals surface area contributed by atoms with Crippen LogP contribution in [0.15, 0.2) is 28.9 Å². The summed E-state index contributed by atoms with van der Waals surface area (Å²) < 4.78 is 19.6. The first-order valence-electron chi connectivity index (χ1n) is 5.89. The number of halogens is 2. The number of nitrogens with one attached hydrogen (secondary N) is 2. The van der Waals surface area contributed by atoms with Gasteiger partial charge in [0.15, 0.2) is 0 Å². The minimum Gasteiger partial charge on any atom is -0.383 e. The van der Waals surface area contributed by atoms with Gasteiger partial charge in [0.05, 0.1) is 18.5 Å². The summed E-state index contributed by atoms with van der Waals surface area (Å²) in [5.74, 6) is -0.273. The maximum atomic E-state index is 13.8. The first-order chi connectivity index (χ1) is 9.22. The maximum Gasteiger partial charge on any atom is 0.132 e.